The van der Waals surface area contributed by atoms with E-state index >= 15 is 0 Å². The van der Waals surface area contributed by atoms with Gasteiger partial charge in [-0.15, -0.1) is 34.8 Å². The van der Waals surface area contributed by atoms with Crippen molar-refractivity contribution in [1.29, 1.82) is 0 Å². The zero-order valence-corrected chi connectivity index (χ0v) is 20.5. The Morgan fingerprint density at radius 3 is 2.45 bits per heavy atom. The van der Waals surface area contributed by atoms with Gasteiger partial charge in [0.25, 0.3) is 0 Å². The highest BCUT2D eigenvalue weighted by atomic mass is 35.5. The second-order valence-electron chi connectivity index (χ2n) is 9.99. The van der Waals surface area contributed by atoms with Crippen LogP contribution in [0.5, 0.6) is 0 Å². The molecule has 6 aliphatic carbocycles. The summed E-state index contributed by atoms with van der Waals surface area (Å²) in [5.41, 5.74) is 2.48. The van der Waals surface area contributed by atoms with Crippen molar-refractivity contribution < 1.29 is 4.74 Å². The Balaban J connectivity index is 1.38. The third-order valence-corrected chi connectivity index (χ3v) is 13.0. The lowest BCUT2D eigenvalue weighted by molar-refractivity contribution is -0.0900. The molecule has 0 heterocycles. The molecule has 7 heteroatoms. The highest BCUT2D eigenvalue weighted by Gasteiger charge is 2.90. The van der Waals surface area contributed by atoms with Crippen LogP contribution in [0.1, 0.15) is 57.8 Å². The average Bonchev–Trinajstić information content (AvgIpc) is 3.57. The third kappa shape index (κ3) is 2.38. The van der Waals surface area contributed by atoms with Gasteiger partial charge in [-0.3, -0.25) is 0 Å². The summed E-state index contributed by atoms with van der Waals surface area (Å²) in [5.74, 6) is 1.65. The van der Waals surface area contributed by atoms with Gasteiger partial charge < -0.3 is 4.74 Å². The quantitative estimate of drug-likeness (QED) is 0.270. The Bertz CT molecular complexity index is 839. The first-order chi connectivity index (χ1) is 13.6. The molecule has 0 aromatic heterocycles. The van der Waals surface area contributed by atoms with Crippen LogP contribution >= 0.6 is 69.6 Å². The molecule has 4 fully saturated rings. The molecule has 0 aromatic carbocycles. The largest absolute Gasteiger partial charge is 0.351 e. The van der Waals surface area contributed by atoms with Gasteiger partial charge in [0.2, 0.25) is 0 Å². The molecule has 8 atom stereocenters. The van der Waals surface area contributed by atoms with E-state index in [0.29, 0.717) is 30.6 Å². The summed E-state index contributed by atoms with van der Waals surface area (Å²) in [6.45, 7) is 0. The van der Waals surface area contributed by atoms with Crippen LogP contribution in [0.15, 0.2) is 23.3 Å². The number of hydrogen-bond acceptors (Lipinski definition) is 1. The maximum absolute atomic E-state index is 7.26. The number of fused-ring (bicyclic) bond motifs is 6. The van der Waals surface area contributed by atoms with Crippen molar-refractivity contribution in [2.75, 3.05) is 0 Å². The van der Waals surface area contributed by atoms with Crippen molar-refractivity contribution in [2.45, 2.75) is 87.9 Å². The molecule has 4 saturated carbocycles. The predicted octanol–water partition coefficient (Wildman–Crippen LogP) is 7.71. The van der Waals surface area contributed by atoms with Crippen molar-refractivity contribution >= 4 is 69.6 Å². The van der Waals surface area contributed by atoms with E-state index in [2.05, 4.69) is 12.2 Å². The highest BCUT2D eigenvalue weighted by Crippen LogP contribution is 2.81. The van der Waals surface area contributed by atoms with E-state index in [1.165, 1.54) is 19.3 Å². The zero-order valence-electron chi connectivity index (χ0n) is 16.0. The van der Waals surface area contributed by atoms with Crippen LogP contribution < -0.4 is 0 Å². The van der Waals surface area contributed by atoms with E-state index in [4.69, 9.17) is 74.3 Å². The molecule has 0 radical (unpaired) electrons. The minimum Gasteiger partial charge on any atom is -0.351 e. The van der Waals surface area contributed by atoms with Gasteiger partial charge in [-0.25, -0.2) is 0 Å². The minimum absolute atomic E-state index is 0.0128. The second kappa shape index (κ2) is 6.19. The van der Waals surface area contributed by atoms with E-state index in [9.17, 15) is 0 Å². The van der Waals surface area contributed by atoms with Crippen molar-refractivity contribution in [3.63, 3.8) is 0 Å². The second-order valence-corrected chi connectivity index (χ2v) is 13.8. The van der Waals surface area contributed by atoms with Crippen molar-refractivity contribution in [3.05, 3.63) is 23.3 Å². The Morgan fingerprint density at radius 2 is 1.66 bits per heavy atom. The Morgan fingerprint density at radius 1 is 0.897 bits per heavy atom. The SMILES string of the molecule is ClC12CCCC=C1C1(Cl)CC1(Cl)C(Cl)(OC1CC3CCCC=C3C3CC13)C2(Cl)Cl. The summed E-state index contributed by atoms with van der Waals surface area (Å²) in [7, 11) is 0. The van der Waals surface area contributed by atoms with Gasteiger partial charge in [-0.05, 0) is 81.1 Å². The van der Waals surface area contributed by atoms with Gasteiger partial charge in [0, 0.05) is 0 Å². The summed E-state index contributed by atoms with van der Waals surface area (Å²) in [6.07, 6.45) is 13.1. The van der Waals surface area contributed by atoms with Crippen molar-refractivity contribution in [1.82, 2.24) is 0 Å². The monoisotopic (exact) mass is 514 g/mol. The molecule has 0 spiro atoms. The molecule has 8 unspecified atom stereocenters. The van der Waals surface area contributed by atoms with E-state index < -0.39 is 24.0 Å². The van der Waals surface area contributed by atoms with Crippen LogP contribution in [0.25, 0.3) is 0 Å². The van der Waals surface area contributed by atoms with Gasteiger partial charge >= 0.3 is 0 Å². The predicted molar refractivity (Wildman–Crippen MR) is 122 cm³/mol. The first-order valence-corrected chi connectivity index (χ1v) is 13.1. The number of ether oxygens (including phenoxy) is 1. The minimum atomic E-state index is -1.58. The smallest absolute Gasteiger partial charge is 0.197 e. The fourth-order valence-corrected chi connectivity index (χ4v) is 10.00. The van der Waals surface area contributed by atoms with Crippen LogP contribution in [0.3, 0.4) is 0 Å². The van der Waals surface area contributed by atoms with E-state index in [-0.39, 0.29) is 6.10 Å². The summed E-state index contributed by atoms with van der Waals surface area (Å²) in [4.78, 5) is -2.99. The Hall–Kier alpha value is 1.18. The van der Waals surface area contributed by atoms with Gasteiger partial charge in [-0.1, -0.05) is 52.5 Å². The number of halogens is 6. The molecule has 6 rings (SSSR count). The maximum atomic E-state index is 7.26. The van der Waals surface area contributed by atoms with Crippen LogP contribution in [0.2, 0.25) is 0 Å². The van der Waals surface area contributed by atoms with E-state index in [1.54, 1.807) is 5.57 Å². The lowest BCUT2D eigenvalue weighted by atomic mass is 9.73. The highest BCUT2D eigenvalue weighted by molar-refractivity contribution is 6.62. The number of rotatable bonds is 2. The molecule has 0 saturated heterocycles. The molecule has 0 aromatic rings. The van der Waals surface area contributed by atoms with Crippen molar-refractivity contribution in [3.8, 4) is 0 Å². The molecule has 0 bridgehead atoms. The average molecular weight is 517 g/mol. The van der Waals surface area contributed by atoms with Crippen LogP contribution in [0, 0.1) is 17.8 Å². The van der Waals surface area contributed by atoms with Gasteiger partial charge in [-0.2, -0.15) is 0 Å². The lowest BCUT2D eigenvalue weighted by Gasteiger charge is -2.57. The topological polar surface area (TPSA) is 9.23 Å². The number of alkyl halides is 6. The van der Waals surface area contributed by atoms with Gasteiger partial charge in [0.05, 0.1) is 11.0 Å². The van der Waals surface area contributed by atoms with Crippen LogP contribution in [-0.4, -0.2) is 30.1 Å². The summed E-state index contributed by atoms with van der Waals surface area (Å²) in [6, 6.07) is 0. The number of allylic oxidation sites excluding steroid dienone is 4. The summed E-state index contributed by atoms with van der Waals surface area (Å²) in [5, 5.41) is -1.55. The first kappa shape index (κ1) is 20.8. The van der Waals surface area contributed by atoms with Crippen LogP contribution in [0.4, 0.5) is 0 Å². The summed E-state index contributed by atoms with van der Waals surface area (Å²) >= 11 is 42.7. The van der Waals surface area contributed by atoms with E-state index in [0.717, 1.165) is 31.3 Å². The molecular formula is C22H24Cl6O. The molecule has 160 valence electrons. The maximum Gasteiger partial charge on any atom is 0.197 e. The lowest BCUT2D eigenvalue weighted by Crippen LogP contribution is -2.70. The first-order valence-electron chi connectivity index (χ1n) is 10.8. The molecule has 0 aliphatic heterocycles. The molecule has 0 N–H and O–H groups in total. The Kier molecular flexibility index (Phi) is 4.43. The number of hydrogen-bond donors (Lipinski definition) is 0. The van der Waals surface area contributed by atoms with Crippen LogP contribution in [-0.2, 0) is 4.74 Å². The fraction of sp³-hybridized carbons (Fsp3) is 0.818. The standard InChI is InChI=1S/C22H24Cl6O/c23-18-8-4-3-7-17(18)19(24)11-20(19,25)22(28,21(18,26)27)29-16-9-12-5-1-2-6-13(12)14-10-15(14)16/h6-7,12,14-16H,1-5,8-11H2. The molecule has 0 amide bonds. The molecule has 1 nitrogen and oxygen atoms in total. The van der Waals surface area contributed by atoms with Gasteiger partial charge in [0.15, 0.2) is 9.39 Å². The molecule has 29 heavy (non-hydrogen) atoms. The third-order valence-electron chi connectivity index (χ3n) is 8.51. The molecule has 6 aliphatic rings. The zero-order chi connectivity index (χ0) is 20.4. The van der Waals surface area contributed by atoms with Crippen molar-refractivity contribution in [2.24, 2.45) is 17.8 Å². The van der Waals surface area contributed by atoms with E-state index in [1.807, 2.05) is 0 Å². The molecular weight excluding hydrogens is 493 g/mol. The van der Waals surface area contributed by atoms with Gasteiger partial charge in [0.1, 0.15) is 9.75 Å². The Labute approximate surface area is 202 Å². The summed E-state index contributed by atoms with van der Waals surface area (Å²) < 4.78 is 5.14. The normalized spacial score (nSPS) is 56.8. The fourth-order valence-electron chi connectivity index (χ4n) is 6.81.